The van der Waals surface area contributed by atoms with Crippen LogP contribution in [0.15, 0.2) is 12.1 Å². The summed E-state index contributed by atoms with van der Waals surface area (Å²) >= 11 is 0. The van der Waals surface area contributed by atoms with Crippen LogP contribution in [0.2, 0.25) is 0 Å². The third kappa shape index (κ3) is 2.48. The van der Waals surface area contributed by atoms with Gasteiger partial charge in [-0.15, -0.1) is 0 Å². The summed E-state index contributed by atoms with van der Waals surface area (Å²) in [5, 5.41) is 30.8. The second-order valence-corrected chi connectivity index (χ2v) is 4.27. The van der Waals surface area contributed by atoms with Gasteiger partial charge in [0.2, 0.25) is 5.91 Å². The maximum absolute atomic E-state index is 11.1. The van der Waals surface area contributed by atoms with Gasteiger partial charge in [-0.1, -0.05) is 6.07 Å². The topological polar surface area (TPSA) is 116 Å². The first-order valence-electron chi connectivity index (χ1n) is 5.60. The number of carboxylic acid groups (broad SMARTS) is 1. The number of fused-ring (bicyclic) bond motifs is 1. The molecule has 1 aliphatic heterocycles. The molecule has 1 aliphatic rings. The first-order chi connectivity index (χ1) is 8.90. The summed E-state index contributed by atoms with van der Waals surface area (Å²) in [5.41, 5.74) is 0.108. The van der Waals surface area contributed by atoms with Gasteiger partial charge in [0.25, 0.3) is 0 Å². The fraction of sp³-hybridized carbons (Fsp3) is 0.273. The second-order valence-electron chi connectivity index (χ2n) is 4.27. The third-order valence-corrected chi connectivity index (χ3v) is 2.84. The number of carboxylic acids is 1. The van der Waals surface area contributed by atoms with Crippen molar-refractivity contribution in [3.05, 3.63) is 23.3 Å². The van der Waals surface area contributed by atoms with Crippen LogP contribution in [0.1, 0.15) is 22.8 Å². The van der Waals surface area contributed by atoms with Gasteiger partial charge >= 0.3 is 13.1 Å². The zero-order chi connectivity index (χ0) is 14.2. The minimum atomic E-state index is -1.36. The Morgan fingerprint density at radius 2 is 2.16 bits per heavy atom. The van der Waals surface area contributed by atoms with E-state index in [-0.39, 0.29) is 18.1 Å². The van der Waals surface area contributed by atoms with Crippen LogP contribution in [0.4, 0.5) is 0 Å². The zero-order valence-electron chi connectivity index (χ0n) is 10.1. The maximum atomic E-state index is 11.1. The van der Waals surface area contributed by atoms with Crippen LogP contribution in [0.25, 0.3) is 0 Å². The van der Waals surface area contributed by atoms with Crippen molar-refractivity contribution in [2.75, 3.05) is 0 Å². The molecule has 100 valence electrons. The Morgan fingerprint density at radius 3 is 2.74 bits per heavy atom. The Morgan fingerprint density at radius 1 is 1.47 bits per heavy atom. The molecular formula is C11H12BNO6. The van der Waals surface area contributed by atoms with E-state index in [1.54, 1.807) is 0 Å². The average molecular weight is 265 g/mol. The molecule has 0 saturated carbocycles. The lowest BCUT2D eigenvalue weighted by Gasteiger charge is -2.28. The highest BCUT2D eigenvalue weighted by molar-refractivity contribution is 6.47. The summed E-state index contributed by atoms with van der Waals surface area (Å²) in [5.74, 6) is -2.83. The van der Waals surface area contributed by atoms with Crippen LogP contribution in [0.5, 0.6) is 11.5 Å². The van der Waals surface area contributed by atoms with Gasteiger partial charge < -0.3 is 25.2 Å². The van der Waals surface area contributed by atoms with Gasteiger partial charge in [0.05, 0.1) is 5.94 Å². The molecule has 1 aromatic rings. The van der Waals surface area contributed by atoms with Gasteiger partial charge in [0.15, 0.2) is 0 Å². The molecule has 1 amide bonds. The highest BCUT2D eigenvalue weighted by Crippen LogP contribution is 2.35. The number of carbonyl (C=O) groups is 2. The summed E-state index contributed by atoms with van der Waals surface area (Å²) in [6, 6.07) is 2.74. The van der Waals surface area contributed by atoms with Gasteiger partial charge in [-0.2, -0.15) is 0 Å². The largest absolute Gasteiger partial charge is 0.547 e. The molecule has 1 aromatic carbocycles. The Kier molecular flexibility index (Phi) is 3.35. The minimum Gasteiger partial charge on any atom is -0.534 e. The Hall–Kier alpha value is -2.22. The normalized spacial score (nSPS) is 17.4. The Labute approximate surface area is 109 Å². The first kappa shape index (κ1) is 13.2. The van der Waals surface area contributed by atoms with Crippen LogP contribution < -0.4 is 9.97 Å². The number of hydrogen-bond donors (Lipinski definition) is 4. The fourth-order valence-electron chi connectivity index (χ4n) is 2.04. The van der Waals surface area contributed by atoms with Crippen molar-refractivity contribution in [2.24, 2.45) is 0 Å². The fourth-order valence-corrected chi connectivity index (χ4v) is 2.04. The number of rotatable bonds is 2. The van der Waals surface area contributed by atoms with Gasteiger partial charge in [0.1, 0.15) is 17.1 Å². The van der Waals surface area contributed by atoms with Crippen LogP contribution in [0.3, 0.4) is 0 Å². The molecule has 8 heteroatoms. The van der Waals surface area contributed by atoms with E-state index in [1.165, 1.54) is 19.1 Å². The smallest absolute Gasteiger partial charge is 0.534 e. The van der Waals surface area contributed by atoms with Crippen LogP contribution in [-0.2, 0) is 11.2 Å². The standard InChI is InChI=1S/C11H12BNO6/c1-5(14)13-8-4-6-2-3-7(15)9(11(16)17)10(6)19-12(8)18/h2-3,8,15,18H,4H2,1H3,(H,13,14)(H,16,17)/t8-/m0/s1. The van der Waals surface area contributed by atoms with Gasteiger partial charge in [-0.05, 0) is 18.1 Å². The molecule has 0 spiro atoms. The van der Waals surface area contributed by atoms with E-state index in [9.17, 15) is 19.7 Å². The molecule has 0 saturated heterocycles. The molecule has 2 rings (SSSR count). The lowest BCUT2D eigenvalue weighted by atomic mass is 9.72. The van der Waals surface area contributed by atoms with Crippen LogP contribution in [-0.4, -0.2) is 40.2 Å². The first-order valence-corrected chi connectivity index (χ1v) is 5.60. The molecule has 0 bridgehead atoms. The summed E-state index contributed by atoms with van der Waals surface area (Å²) < 4.78 is 5.12. The highest BCUT2D eigenvalue weighted by Gasteiger charge is 2.38. The Bertz CT molecular complexity index is 546. The molecule has 0 aliphatic carbocycles. The van der Waals surface area contributed by atoms with E-state index in [2.05, 4.69) is 5.32 Å². The molecule has 0 radical (unpaired) electrons. The number of aromatic hydroxyl groups is 1. The highest BCUT2D eigenvalue weighted by atomic mass is 16.5. The van der Waals surface area contributed by atoms with Crippen LogP contribution in [0, 0.1) is 0 Å². The van der Waals surface area contributed by atoms with Crippen molar-refractivity contribution >= 4 is 19.0 Å². The van der Waals surface area contributed by atoms with E-state index in [0.29, 0.717) is 5.56 Å². The number of phenols is 1. The van der Waals surface area contributed by atoms with E-state index < -0.39 is 30.3 Å². The van der Waals surface area contributed by atoms with Gasteiger partial charge in [-0.25, -0.2) is 4.79 Å². The maximum Gasteiger partial charge on any atom is 0.547 e. The van der Waals surface area contributed by atoms with Crippen LogP contribution >= 0.6 is 0 Å². The van der Waals surface area contributed by atoms with Crippen molar-refractivity contribution in [1.82, 2.24) is 5.32 Å². The molecule has 4 N–H and O–H groups in total. The summed E-state index contributed by atoms with van der Waals surface area (Å²) in [6.45, 7) is 1.31. The number of carbonyl (C=O) groups excluding carboxylic acids is 1. The predicted molar refractivity (Wildman–Crippen MR) is 65.0 cm³/mol. The molecule has 1 atom stereocenters. The molecule has 7 nitrogen and oxygen atoms in total. The van der Waals surface area contributed by atoms with Crippen molar-refractivity contribution in [2.45, 2.75) is 19.3 Å². The molecule has 19 heavy (non-hydrogen) atoms. The third-order valence-electron chi connectivity index (χ3n) is 2.84. The second kappa shape index (κ2) is 4.81. The van der Waals surface area contributed by atoms with E-state index in [0.717, 1.165) is 0 Å². The van der Waals surface area contributed by atoms with Gasteiger partial charge in [0, 0.05) is 6.92 Å². The van der Waals surface area contributed by atoms with Crippen molar-refractivity contribution in [3.63, 3.8) is 0 Å². The monoisotopic (exact) mass is 265 g/mol. The van der Waals surface area contributed by atoms with E-state index >= 15 is 0 Å². The number of aromatic carboxylic acids is 1. The summed E-state index contributed by atoms with van der Waals surface area (Å²) in [7, 11) is -1.36. The minimum absolute atomic E-state index is 0.0680. The zero-order valence-corrected chi connectivity index (χ0v) is 10.1. The number of hydrogen-bond acceptors (Lipinski definition) is 5. The molecule has 0 unspecified atom stereocenters. The lowest BCUT2D eigenvalue weighted by Crippen LogP contribution is -2.52. The quantitative estimate of drug-likeness (QED) is 0.538. The summed E-state index contributed by atoms with van der Waals surface area (Å²) in [6.07, 6.45) is 0.219. The molecule has 0 fully saturated rings. The number of nitrogens with one attached hydrogen (secondary N) is 1. The van der Waals surface area contributed by atoms with Crippen molar-refractivity contribution in [1.29, 1.82) is 0 Å². The van der Waals surface area contributed by atoms with E-state index in [4.69, 9.17) is 9.76 Å². The lowest BCUT2D eigenvalue weighted by molar-refractivity contribution is -0.119. The molecular weight excluding hydrogens is 253 g/mol. The number of benzene rings is 1. The molecule has 0 aromatic heterocycles. The van der Waals surface area contributed by atoms with Crippen molar-refractivity contribution in [3.8, 4) is 11.5 Å². The average Bonchev–Trinajstić information content (AvgIpc) is 2.29. The Balaban J connectivity index is 2.40. The predicted octanol–water partition coefficient (Wildman–Crippen LogP) is -0.450. The van der Waals surface area contributed by atoms with Crippen molar-refractivity contribution < 1.29 is 29.5 Å². The van der Waals surface area contributed by atoms with E-state index in [1.807, 2.05) is 0 Å². The van der Waals surface area contributed by atoms with Gasteiger partial charge in [-0.3, -0.25) is 4.79 Å². The SMILES string of the molecule is CC(=O)N[C@H]1Cc2ccc(O)c(C(=O)O)c2OB1O. The molecule has 1 heterocycles. The summed E-state index contributed by atoms with van der Waals surface area (Å²) in [4.78, 5) is 22.1. The number of amides is 1.